The van der Waals surface area contributed by atoms with Crippen LogP contribution in [0.4, 0.5) is 0 Å². The summed E-state index contributed by atoms with van der Waals surface area (Å²) in [5, 5.41) is 4.99. The van der Waals surface area contributed by atoms with Crippen molar-refractivity contribution >= 4 is 37.3 Å². The van der Waals surface area contributed by atoms with Gasteiger partial charge in [-0.3, -0.25) is 0 Å². The highest BCUT2D eigenvalue weighted by molar-refractivity contribution is 9.10. The molecule has 1 aliphatic heterocycles. The molecule has 1 aromatic heterocycles. The summed E-state index contributed by atoms with van der Waals surface area (Å²) in [6, 6.07) is 1.74. The van der Waals surface area contributed by atoms with Crippen molar-refractivity contribution in [3.8, 4) is 0 Å². The first-order valence-corrected chi connectivity index (χ1v) is 8.86. The monoisotopic (exact) mass is 350 g/mol. The van der Waals surface area contributed by atoms with Gasteiger partial charge >= 0.3 is 0 Å². The first kappa shape index (κ1) is 14.2. The van der Waals surface area contributed by atoms with Crippen molar-refractivity contribution in [2.45, 2.75) is 17.1 Å². The standard InChI is InChI=1S/C11H15BrN2O2S2/c12-10-4-8-17-11(10)18(15,16)14-7-3-9-1-5-13-6-2-9/h1,4,8,13-14H,2-3,5-7H2. The number of rotatable bonds is 5. The Kier molecular flexibility index (Phi) is 4.97. The van der Waals surface area contributed by atoms with Crippen LogP contribution in [-0.2, 0) is 10.0 Å². The summed E-state index contributed by atoms with van der Waals surface area (Å²) in [5.74, 6) is 0. The number of hydrogen-bond acceptors (Lipinski definition) is 4. The van der Waals surface area contributed by atoms with Crippen molar-refractivity contribution in [2.75, 3.05) is 19.6 Å². The largest absolute Gasteiger partial charge is 0.313 e. The average molecular weight is 351 g/mol. The summed E-state index contributed by atoms with van der Waals surface area (Å²) in [7, 11) is -3.37. The maximum atomic E-state index is 12.0. The van der Waals surface area contributed by atoms with Crippen LogP contribution in [0.15, 0.2) is 31.8 Å². The van der Waals surface area contributed by atoms with E-state index in [4.69, 9.17) is 0 Å². The molecule has 0 unspecified atom stereocenters. The van der Waals surface area contributed by atoms with Crippen molar-refractivity contribution in [1.82, 2.24) is 10.0 Å². The Morgan fingerprint density at radius 3 is 2.94 bits per heavy atom. The Hall–Kier alpha value is -0.210. The van der Waals surface area contributed by atoms with Gasteiger partial charge in [0, 0.05) is 17.6 Å². The van der Waals surface area contributed by atoms with Gasteiger partial charge in [-0.1, -0.05) is 11.6 Å². The van der Waals surface area contributed by atoms with E-state index < -0.39 is 10.0 Å². The third-order valence-electron chi connectivity index (χ3n) is 2.72. The molecule has 4 nitrogen and oxygen atoms in total. The smallest absolute Gasteiger partial charge is 0.251 e. The fourth-order valence-electron chi connectivity index (χ4n) is 1.78. The predicted molar refractivity (Wildman–Crippen MR) is 77.4 cm³/mol. The topological polar surface area (TPSA) is 58.2 Å². The molecule has 2 heterocycles. The van der Waals surface area contributed by atoms with Gasteiger partial charge in [-0.2, -0.15) is 0 Å². The molecule has 1 aliphatic rings. The minimum absolute atomic E-state index is 0.349. The molecule has 18 heavy (non-hydrogen) atoms. The van der Waals surface area contributed by atoms with Gasteiger partial charge in [0.25, 0.3) is 10.0 Å². The molecule has 0 spiro atoms. The van der Waals surface area contributed by atoms with Gasteiger partial charge in [-0.15, -0.1) is 11.3 Å². The molecule has 0 amide bonds. The molecule has 0 fully saturated rings. The maximum absolute atomic E-state index is 12.0. The van der Waals surface area contributed by atoms with Crippen LogP contribution in [-0.4, -0.2) is 28.1 Å². The number of hydrogen-bond donors (Lipinski definition) is 2. The molecule has 0 radical (unpaired) electrons. The minimum Gasteiger partial charge on any atom is -0.313 e. The maximum Gasteiger partial charge on any atom is 0.251 e. The lowest BCUT2D eigenvalue weighted by Gasteiger charge is -2.14. The van der Waals surface area contributed by atoms with Gasteiger partial charge in [0.1, 0.15) is 4.21 Å². The number of halogens is 1. The normalized spacial score (nSPS) is 16.6. The highest BCUT2D eigenvalue weighted by Gasteiger charge is 2.18. The molecular weight excluding hydrogens is 336 g/mol. The van der Waals surface area contributed by atoms with Gasteiger partial charge in [0.15, 0.2) is 0 Å². The van der Waals surface area contributed by atoms with Gasteiger partial charge in [0.2, 0.25) is 0 Å². The zero-order chi connectivity index (χ0) is 13.0. The highest BCUT2D eigenvalue weighted by atomic mass is 79.9. The number of thiophene rings is 1. The van der Waals surface area contributed by atoms with Crippen LogP contribution >= 0.6 is 27.3 Å². The molecule has 100 valence electrons. The zero-order valence-corrected chi connectivity index (χ0v) is 13.0. The third-order valence-corrected chi connectivity index (χ3v) is 6.86. The molecular formula is C11H15BrN2O2S2. The van der Waals surface area contributed by atoms with Crippen molar-refractivity contribution in [3.63, 3.8) is 0 Å². The van der Waals surface area contributed by atoms with Gasteiger partial charge in [-0.25, -0.2) is 13.1 Å². The van der Waals surface area contributed by atoms with E-state index in [-0.39, 0.29) is 0 Å². The van der Waals surface area contributed by atoms with Crippen LogP contribution in [0.5, 0.6) is 0 Å². The van der Waals surface area contributed by atoms with E-state index in [0.29, 0.717) is 15.2 Å². The SMILES string of the molecule is O=S(=O)(NCCC1=CCNCC1)c1sccc1Br. The molecule has 0 aromatic carbocycles. The Balaban J connectivity index is 1.90. The highest BCUT2D eigenvalue weighted by Crippen LogP contribution is 2.27. The summed E-state index contributed by atoms with van der Waals surface area (Å²) in [6.45, 7) is 2.33. The summed E-state index contributed by atoms with van der Waals surface area (Å²) < 4.78 is 27.6. The predicted octanol–water partition coefficient (Wildman–Crippen LogP) is 2.10. The van der Waals surface area contributed by atoms with E-state index in [1.165, 1.54) is 16.9 Å². The van der Waals surface area contributed by atoms with Crippen molar-refractivity contribution < 1.29 is 8.42 Å². The second-order valence-electron chi connectivity index (χ2n) is 4.02. The first-order valence-electron chi connectivity index (χ1n) is 5.71. The van der Waals surface area contributed by atoms with Gasteiger partial charge in [-0.05, 0) is 46.8 Å². The molecule has 0 saturated heterocycles. The fourth-order valence-corrected chi connectivity index (χ4v) is 5.19. The van der Waals surface area contributed by atoms with E-state index in [2.05, 4.69) is 32.0 Å². The van der Waals surface area contributed by atoms with Gasteiger partial charge in [0.05, 0.1) is 0 Å². The van der Waals surface area contributed by atoms with E-state index in [9.17, 15) is 8.42 Å². The molecule has 0 bridgehead atoms. The Morgan fingerprint density at radius 2 is 2.33 bits per heavy atom. The quantitative estimate of drug-likeness (QED) is 0.799. The molecule has 0 aliphatic carbocycles. The van der Waals surface area contributed by atoms with Crippen molar-refractivity contribution in [1.29, 1.82) is 0 Å². The summed E-state index contributed by atoms with van der Waals surface area (Å²) >= 11 is 4.46. The number of sulfonamides is 1. The van der Waals surface area contributed by atoms with E-state index in [0.717, 1.165) is 25.9 Å². The molecule has 0 saturated carbocycles. The minimum atomic E-state index is -3.37. The second kappa shape index (κ2) is 6.29. The lowest BCUT2D eigenvalue weighted by atomic mass is 10.1. The van der Waals surface area contributed by atoms with E-state index in [1.807, 2.05) is 0 Å². The summed E-state index contributed by atoms with van der Waals surface area (Å²) in [5.41, 5.74) is 1.32. The van der Waals surface area contributed by atoms with E-state index in [1.54, 1.807) is 11.4 Å². The molecule has 2 rings (SSSR count). The van der Waals surface area contributed by atoms with Crippen molar-refractivity contribution in [2.24, 2.45) is 0 Å². The van der Waals surface area contributed by atoms with Crippen LogP contribution in [0.25, 0.3) is 0 Å². The second-order valence-corrected chi connectivity index (χ2v) is 7.75. The summed E-state index contributed by atoms with van der Waals surface area (Å²) in [6.07, 6.45) is 3.92. The number of nitrogens with one attached hydrogen (secondary N) is 2. The van der Waals surface area contributed by atoms with Crippen LogP contribution < -0.4 is 10.0 Å². The van der Waals surface area contributed by atoms with Crippen LogP contribution in [0.1, 0.15) is 12.8 Å². The third kappa shape index (κ3) is 3.64. The van der Waals surface area contributed by atoms with E-state index >= 15 is 0 Å². The van der Waals surface area contributed by atoms with Crippen LogP contribution in [0, 0.1) is 0 Å². The molecule has 2 N–H and O–H groups in total. The summed E-state index contributed by atoms with van der Waals surface area (Å²) in [4.78, 5) is 0. The fraction of sp³-hybridized carbons (Fsp3) is 0.455. The first-order chi connectivity index (χ1) is 8.59. The molecule has 1 aromatic rings. The molecule has 0 atom stereocenters. The lowest BCUT2D eigenvalue weighted by Crippen LogP contribution is -2.26. The Bertz CT molecular complexity index is 537. The van der Waals surface area contributed by atoms with Crippen LogP contribution in [0.3, 0.4) is 0 Å². The van der Waals surface area contributed by atoms with Crippen LogP contribution in [0.2, 0.25) is 0 Å². The zero-order valence-electron chi connectivity index (χ0n) is 9.78. The van der Waals surface area contributed by atoms with Crippen molar-refractivity contribution in [3.05, 3.63) is 27.6 Å². The molecule has 7 heteroatoms. The Labute approximate surface area is 120 Å². The lowest BCUT2D eigenvalue weighted by molar-refractivity contribution is 0.581. The average Bonchev–Trinajstić information content (AvgIpc) is 2.77. The van der Waals surface area contributed by atoms with Gasteiger partial charge < -0.3 is 5.32 Å². The Morgan fingerprint density at radius 1 is 1.50 bits per heavy atom.